The van der Waals surface area contributed by atoms with Crippen molar-refractivity contribution in [2.45, 2.75) is 20.0 Å². The second-order valence-electron chi connectivity index (χ2n) is 4.12. The predicted molar refractivity (Wildman–Crippen MR) is 72.5 cm³/mol. The second-order valence-corrected chi connectivity index (χ2v) is 4.12. The third-order valence-electron chi connectivity index (χ3n) is 2.56. The van der Waals surface area contributed by atoms with Crippen molar-refractivity contribution < 1.29 is 4.79 Å². The average molecular weight is 259 g/mol. The van der Waals surface area contributed by atoms with Crippen molar-refractivity contribution in [3.63, 3.8) is 0 Å². The number of amides is 1. The maximum Gasteiger partial charge on any atom is 0.246 e. The van der Waals surface area contributed by atoms with Crippen LogP contribution in [0.5, 0.6) is 0 Å². The van der Waals surface area contributed by atoms with Gasteiger partial charge < -0.3 is 10.6 Å². The molecule has 0 fully saturated rings. The van der Waals surface area contributed by atoms with Crippen LogP contribution in [-0.4, -0.2) is 27.2 Å². The zero-order valence-corrected chi connectivity index (χ0v) is 10.8. The van der Waals surface area contributed by atoms with Crippen LogP contribution in [0.15, 0.2) is 36.9 Å². The Hall–Kier alpha value is -2.21. The van der Waals surface area contributed by atoms with Crippen LogP contribution in [0.1, 0.15) is 12.5 Å². The number of hydrogen-bond donors (Lipinski definition) is 2. The standard InChI is InChI=1S/C13H17N5O/c1-2-14-7-11-4-3-5-12(6-11)17-13(19)8-18-10-15-9-16-18/h3-6,9-10,14H,2,7-8H2,1H3,(H,17,19). The summed E-state index contributed by atoms with van der Waals surface area (Å²) in [5, 5.41) is 9.98. The molecular weight excluding hydrogens is 242 g/mol. The van der Waals surface area contributed by atoms with Crippen LogP contribution in [0.2, 0.25) is 0 Å². The molecular formula is C13H17N5O. The van der Waals surface area contributed by atoms with Gasteiger partial charge in [-0.05, 0) is 24.2 Å². The van der Waals surface area contributed by atoms with Gasteiger partial charge in [0.25, 0.3) is 0 Å². The van der Waals surface area contributed by atoms with E-state index in [0.29, 0.717) is 0 Å². The van der Waals surface area contributed by atoms with Crippen molar-refractivity contribution >= 4 is 11.6 Å². The smallest absolute Gasteiger partial charge is 0.246 e. The third-order valence-corrected chi connectivity index (χ3v) is 2.56. The van der Waals surface area contributed by atoms with Gasteiger partial charge in [0.05, 0.1) is 0 Å². The molecule has 6 nitrogen and oxygen atoms in total. The molecule has 0 bridgehead atoms. The Morgan fingerprint density at radius 1 is 1.42 bits per heavy atom. The quantitative estimate of drug-likeness (QED) is 0.812. The highest BCUT2D eigenvalue weighted by molar-refractivity contribution is 5.90. The molecule has 0 radical (unpaired) electrons. The number of hydrogen-bond acceptors (Lipinski definition) is 4. The molecule has 6 heteroatoms. The van der Waals surface area contributed by atoms with Gasteiger partial charge in [0, 0.05) is 12.2 Å². The van der Waals surface area contributed by atoms with E-state index < -0.39 is 0 Å². The summed E-state index contributed by atoms with van der Waals surface area (Å²) in [5.41, 5.74) is 1.93. The Kier molecular flexibility index (Phi) is 4.63. The number of rotatable bonds is 6. The molecule has 0 unspecified atom stereocenters. The Labute approximate surface area is 111 Å². The van der Waals surface area contributed by atoms with Crippen molar-refractivity contribution in [1.29, 1.82) is 0 Å². The van der Waals surface area contributed by atoms with Gasteiger partial charge in [0.2, 0.25) is 5.91 Å². The van der Waals surface area contributed by atoms with Crippen LogP contribution in [0.4, 0.5) is 5.69 Å². The van der Waals surface area contributed by atoms with E-state index in [4.69, 9.17) is 0 Å². The summed E-state index contributed by atoms with van der Waals surface area (Å²) in [6, 6.07) is 7.78. The normalized spacial score (nSPS) is 10.4. The van der Waals surface area contributed by atoms with Gasteiger partial charge in [0.1, 0.15) is 19.2 Å². The SMILES string of the molecule is CCNCc1cccc(NC(=O)Cn2cncn2)c1. The lowest BCUT2D eigenvalue weighted by Gasteiger charge is -2.07. The molecule has 100 valence electrons. The zero-order valence-electron chi connectivity index (χ0n) is 10.8. The number of anilines is 1. The highest BCUT2D eigenvalue weighted by Gasteiger charge is 2.04. The zero-order chi connectivity index (χ0) is 13.5. The topological polar surface area (TPSA) is 71.8 Å². The molecule has 0 saturated heterocycles. The van der Waals surface area contributed by atoms with E-state index in [1.807, 2.05) is 24.3 Å². The summed E-state index contributed by atoms with van der Waals surface area (Å²) in [6.07, 6.45) is 2.92. The Morgan fingerprint density at radius 3 is 3.05 bits per heavy atom. The van der Waals surface area contributed by atoms with Crippen molar-refractivity contribution in [1.82, 2.24) is 20.1 Å². The largest absolute Gasteiger partial charge is 0.324 e. The minimum Gasteiger partial charge on any atom is -0.324 e. The molecule has 0 saturated carbocycles. The molecule has 0 atom stereocenters. The molecule has 19 heavy (non-hydrogen) atoms. The maximum atomic E-state index is 11.8. The van der Waals surface area contributed by atoms with Gasteiger partial charge in [-0.15, -0.1) is 0 Å². The fraction of sp³-hybridized carbons (Fsp3) is 0.308. The van der Waals surface area contributed by atoms with Gasteiger partial charge >= 0.3 is 0 Å². The number of nitrogens with one attached hydrogen (secondary N) is 2. The van der Waals surface area contributed by atoms with Gasteiger partial charge in [-0.25, -0.2) is 9.67 Å². The summed E-state index contributed by atoms with van der Waals surface area (Å²) in [5.74, 6) is -0.119. The van der Waals surface area contributed by atoms with Crippen LogP contribution in [0, 0.1) is 0 Å². The first-order valence-corrected chi connectivity index (χ1v) is 6.20. The lowest BCUT2D eigenvalue weighted by atomic mass is 10.2. The fourth-order valence-electron chi connectivity index (χ4n) is 1.69. The van der Waals surface area contributed by atoms with Crippen molar-refractivity contribution in [3.8, 4) is 0 Å². The molecule has 0 aliphatic carbocycles. The fourth-order valence-corrected chi connectivity index (χ4v) is 1.69. The average Bonchev–Trinajstić information content (AvgIpc) is 2.89. The monoisotopic (exact) mass is 259 g/mol. The van der Waals surface area contributed by atoms with Gasteiger partial charge in [-0.1, -0.05) is 19.1 Å². The van der Waals surface area contributed by atoms with Crippen LogP contribution in [-0.2, 0) is 17.9 Å². The lowest BCUT2D eigenvalue weighted by Crippen LogP contribution is -2.19. The maximum absolute atomic E-state index is 11.8. The van der Waals surface area contributed by atoms with Gasteiger partial charge in [-0.3, -0.25) is 4.79 Å². The molecule has 1 amide bonds. The first kappa shape index (κ1) is 13.2. The lowest BCUT2D eigenvalue weighted by molar-refractivity contribution is -0.116. The Morgan fingerprint density at radius 2 is 2.32 bits per heavy atom. The molecule has 0 aliphatic rings. The number of carbonyl (C=O) groups excluding carboxylic acids is 1. The van der Waals surface area contributed by atoms with Crippen molar-refractivity contribution in [2.24, 2.45) is 0 Å². The molecule has 0 spiro atoms. The highest BCUT2D eigenvalue weighted by Crippen LogP contribution is 2.10. The van der Waals surface area contributed by atoms with Crippen molar-refractivity contribution in [3.05, 3.63) is 42.5 Å². The van der Waals surface area contributed by atoms with E-state index >= 15 is 0 Å². The Bertz CT molecular complexity index is 524. The number of nitrogens with zero attached hydrogens (tertiary/aromatic N) is 3. The molecule has 2 rings (SSSR count). The first-order valence-electron chi connectivity index (χ1n) is 6.20. The minimum atomic E-state index is -0.119. The molecule has 0 aliphatic heterocycles. The van der Waals surface area contributed by atoms with Crippen LogP contribution < -0.4 is 10.6 Å². The molecule has 1 aromatic carbocycles. The first-order chi connectivity index (χ1) is 9.28. The highest BCUT2D eigenvalue weighted by atomic mass is 16.2. The van der Waals surface area contributed by atoms with E-state index in [-0.39, 0.29) is 12.5 Å². The van der Waals surface area contributed by atoms with E-state index in [1.54, 1.807) is 0 Å². The molecule has 2 aromatic rings. The number of carbonyl (C=O) groups is 1. The van der Waals surface area contributed by atoms with Crippen molar-refractivity contribution in [2.75, 3.05) is 11.9 Å². The molecule has 1 aromatic heterocycles. The summed E-state index contributed by atoms with van der Waals surface area (Å²) in [4.78, 5) is 15.6. The van der Waals surface area contributed by atoms with Gasteiger partial charge in [0.15, 0.2) is 0 Å². The number of aromatic nitrogens is 3. The summed E-state index contributed by atoms with van der Waals surface area (Å²) < 4.78 is 1.48. The van der Waals surface area contributed by atoms with E-state index in [0.717, 1.165) is 24.3 Å². The van der Waals surface area contributed by atoms with Crippen LogP contribution in [0.3, 0.4) is 0 Å². The summed E-state index contributed by atoms with van der Waals surface area (Å²) in [6.45, 7) is 3.94. The number of benzene rings is 1. The molecule has 1 heterocycles. The second kappa shape index (κ2) is 6.65. The van der Waals surface area contributed by atoms with Crippen LogP contribution >= 0.6 is 0 Å². The van der Waals surface area contributed by atoms with Gasteiger partial charge in [-0.2, -0.15) is 5.10 Å². The summed E-state index contributed by atoms with van der Waals surface area (Å²) >= 11 is 0. The predicted octanol–water partition coefficient (Wildman–Crippen LogP) is 1.03. The Balaban J connectivity index is 1.92. The minimum absolute atomic E-state index is 0.119. The third kappa shape index (κ3) is 4.18. The summed E-state index contributed by atoms with van der Waals surface area (Å²) in [7, 11) is 0. The van der Waals surface area contributed by atoms with E-state index in [2.05, 4.69) is 27.6 Å². The van der Waals surface area contributed by atoms with Crippen LogP contribution in [0.25, 0.3) is 0 Å². The van der Waals surface area contributed by atoms with E-state index in [1.165, 1.54) is 17.3 Å². The van der Waals surface area contributed by atoms with E-state index in [9.17, 15) is 4.79 Å². The molecule has 2 N–H and O–H groups in total.